The van der Waals surface area contributed by atoms with Gasteiger partial charge in [0.05, 0.1) is 0 Å². The maximum absolute atomic E-state index is 11.9. The smallest absolute Gasteiger partial charge is 0.182 e. The van der Waals surface area contributed by atoms with Crippen molar-refractivity contribution >= 4 is 11.6 Å². The van der Waals surface area contributed by atoms with Crippen LogP contribution < -0.4 is 0 Å². The van der Waals surface area contributed by atoms with Gasteiger partial charge in [-0.25, -0.2) is 0 Å². The minimum absolute atomic E-state index is 0.0419. The van der Waals surface area contributed by atoms with Crippen molar-refractivity contribution in [3.8, 4) is 0 Å². The lowest BCUT2D eigenvalue weighted by atomic mass is 9.80. The van der Waals surface area contributed by atoms with E-state index in [1.807, 2.05) is 45.1 Å². The summed E-state index contributed by atoms with van der Waals surface area (Å²) in [6.45, 7) is 7.89. The molecular weight excluding hydrogens is 236 g/mol. The second-order valence-electron chi connectivity index (χ2n) is 5.94. The zero-order valence-corrected chi connectivity index (χ0v) is 11.8. The first-order valence-electron chi connectivity index (χ1n) is 6.38. The molecule has 2 aliphatic carbocycles. The van der Waals surface area contributed by atoms with E-state index in [4.69, 9.17) is 0 Å². The van der Waals surface area contributed by atoms with Crippen molar-refractivity contribution in [3.05, 3.63) is 58.7 Å². The minimum Gasteiger partial charge on any atom is -0.290 e. The molecule has 0 unspecified atom stereocenters. The van der Waals surface area contributed by atoms with Crippen molar-refractivity contribution in [2.45, 2.75) is 27.7 Å². The van der Waals surface area contributed by atoms with Crippen LogP contribution in [0.2, 0.25) is 0 Å². The summed E-state index contributed by atoms with van der Waals surface area (Å²) in [6, 6.07) is 0. The van der Waals surface area contributed by atoms with Crippen LogP contribution in [0.25, 0.3) is 0 Å². The Kier molecular flexibility index (Phi) is 3.27. The van der Waals surface area contributed by atoms with Gasteiger partial charge in [0.1, 0.15) is 0 Å². The van der Waals surface area contributed by atoms with Crippen molar-refractivity contribution in [1.82, 2.24) is 0 Å². The molecule has 0 N–H and O–H groups in total. The Morgan fingerprint density at radius 1 is 0.789 bits per heavy atom. The minimum atomic E-state index is -0.180. The third-order valence-corrected chi connectivity index (χ3v) is 3.30. The van der Waals surface area contributed by atoms with E-state index in [2.05, 4.69) is 0 Å². The Labute approximate surface area is 113 Å². The monoisotopic (exact) mass is 254 g/mol. The Balaban J connectivity index is 2.50. The van der Waals surface area contributed by atoms with Crippen LogP contribution in [0.3, 0.4) is 0 Å². The average molecular weight is 254 g/mol. The Morgan fingerprint density at radius 3 is 1.84 bits per heavy atom. The van der Waals surface area contributed by atoms with Crippen LogP contribution >= 0.6 is 0 Å². The molecule has 0 aromatic rings. The molecule has 0 atom stereocenters. The Hall–Kier alpha value is -1.96. The van der Waals surface area contributed by atoms with E-state index < -0.39 is 0 Å². The summed E-state index contributed by atoms with van der Waals surface area (Å²) in [5, 5.41) is 0. The third kappa shape index (κ3) is 2.73. The molecule has 0 amide bonds. The van der Waals surface area contributed by atoms with Gasteiger partial charge in [0.2, 0.25) is 0 Å². The molecule has 2 rings (SSSR count). The highest BCUT2D eigenvalue weighted by atomic mass is 16.1. The predicted octanol–water partition coefficient (Wildman–Crippen LogP) is 3.48. The average Bonchev–Trinajstić information content (AvgIpc) is 2.32. The van der Waals surface area contributed by atoms with Crippen molar-refractivity contribution in [1.29, 1.82) is 0 Å². The van der Waals surface area contributed by atoms with E-state index >= 15 is 0 Å². The molecule has 2 nitrogen and oxygen atoms in total. The van der Waals surface area contributed by atoms with Crippen molar-refractivity contribution in [2.75, 3.05) is 0 Å². The maximum Gasteiger partial charge on any atom is 0.182 e. The normalized spacial score (nSPS) is 23.6. The van der Waals surface area contributed by atoms with Crippen LogP contribution in [0.15, 0.2) is 58.7 Å². The van der Waals surface area contributed by atoms with Gasteiger partial charge < -0.3 is 0 Å². The van der Waals surface area contributed by atoms with Gasteiger partial charge in [0.15, 0.2) is 11.6 Å². The van der Waals surface area contributed by atoms with E-state index in [1.54, 1.807) is 19.1 Å². The molecule has 0 saturated heterocycles. The van der Waals surface area contributed by atoms with Crippen molar-refractivity contribution < 1.29 is 9.59 Å². The number of allylic oxidation sites excluding steroid dienone is 10. The lowest BCUT2D eigenvalue weighted by Crippen LogP contribution is -2.18. The van der Waals surface area contributed by atoms with E-state index in [0.717, 1.165) is 22.3 Å². The van der Waals surface area contributed by atoms with E-state index in [9.17, 15) is 9.59 Å². The molecule has 0 fully saturated rings. The van der Waals surface area contributed by atoms with E-state index in [0.29, 0.717) is 0 Å². The molecule has 0 aromatic carbocycles. The second-order valence-corrected chi connectivity index (χ2v) is 5.94. The lowest BCUT2D eigenvalue weighted by molar-refractivity contribution is -0.112. The highest BCUT2D eigenvalue weighted by molar-refractivity contribution is 6.08. The van der Waals surface area contributed by atoms with E-state index in [1.165, 1.54) is 0 Å². The van der Waals surface area contributed by atoms with Crippen molar-refractivity contribution in [2.24, 2.45) is 5.41 Å². The van der Waals surface area contributed by atoms with Crippen LogP contribution in [-0.4, -0.2) is 11.6 Å². The molecule has 2 heteroatoms. The van der Waals surface area contributed by atoms with Gasteiger partial charge in [0, 0.05) is 5.57 Å². The molecule has 0 saturated carbocycles. The number of carbonyl (C=O) groups excluding carboxylic acids is 2. The molecule has 98 valence electrons. The van der Waals surface area contributed by atoms with Crippen LogP contribution in [0.5, 0.6) is 0 Å². The van der Waals surface area contributed by atoms with Gasteiger partial charge in [-0.05, 0) is 53.4 Å². The Morgan fingerprint density at radius 2 is 1.32 bits per heavy atom. The zero-order chi connectivity index (χ0) is 14.2. The molecule has 0 aromatic heterocycles. The highest BCUT2D eigenvalue weighted by Gasteiger charge is 2.24. The number of hydrogen-bond donors (Lipinski definition) is 0. The first kappa shape index (κ1) is 13.5. The number of rotatable bonds is 0. The predicted molar refractivity (Wildman–Crippen MR) is 76.6 cm³/mol. The van der Waals surface area contributed by atoms with Crippen molar-refractivity contribution in [3.63, 3.8) is 0 Å². The molecular formula is C17H18O2. The largest absolute Gasteiger partial charge is 0.290 e. The summed E-state index contributed by atoms with van der Waals surface area (Å²) in [7, 11) is 0. The van der Waals surface area contributed by atoms with Gasteiger partial charge in [0.25, 0.3) is 0 Å². The third-order valence-electron chi connectivity index (χ3n) is 3.30. The number of ketones is 2. The van der Waals surface area contributed by atoms with E-state index in [-0.39, 0.29) is 17.0 Å². The quantitative estimate of drug-likeness (QED) is 0.663. The maximum atomic E-state index is 11.9. The standard InChI is InChI=1S/C17H18O2/c1-11-9-12(5-7-15(11)18)13-6-8-16(19)14(10-13)17(2,3)4/h5-10H,1-4H3/b13-12-. The fourth-order valence-corrected chi connectivity index (χ4v) is 2.12. The fourth-order valence-electron chi connectivity index (χ4n) is 2.12. The van der Waals surface area contributed by atoms with Gasteiger partial charge in [-0.2, -0.15) is 0 Å². The molecule has 0 heterocycles. The zero-order valence-electron chi connectivity index (χ0n) is 11.8. The molecule has 0 aliphatic heterocycles. The first-order chi connectivity index (χ1) is 8.79. The fraction of sp³-hybridized carbons (Fsp3) is 0.294. The summed E-state index contributed by atoms with van der Waals surface area (Å²) in [6.07, 6.45) is 10.6. The molecule has 0 spiro atoms. The summed E-state index contributed by atoms with van der Waals surface area (Å²) >= 11 is 0. The summed E-state index contributed by atoms with van der Waals surface area (Å²) < 4.78 is 0. The Bertz CT molecular complexity index is 600. The number of carbonyl (C=O) groups is 2. The van der Waals surface area contributed by atoms with Gasteiger partial charge in [-0.1, -0.05) is 32.9 Å². The highest BCUT2D eigenvalue weighted by Crippen LogP contribution is 2.31. The van der Waals surface area contributed by atoms with Gasteiger partial charge in [-0.15, -0.1) is 0 Å². The topological polar surface area (TPSA) is 34.1 Å². The molecule has 0 bridgehead atoms. The lowest BCUT2D eigenvalue weighted by Gasteiger charge is -2.23. The SMILES string of the molecule is CC1=C/C(=C2/C=CC(=O)C(C(C)(C)C)=C2)C=CC1=O. The molecule has 2 aliphatic rings. The van der Waals surface area contributed by atoms with Crippen LogP contribution in [0, 0.1) is 5.41 Å². The molecule has 0 radical (unpaired) electrons. The number of hydrogen-bond acceptors (Lipinski definition) is 2. The summed E-state index contributed by atoms with van der Waals surface area (Å²) in [5.41, 5.74) is 3.30. The second kappa shape index (κ2) is 4.61. The molecule has 19 heavy (non-hydrogen) atoms. The summed E-state index contributed by atoms with van der Waals surface area (Å²) in [4.78, 5) is 23.4. The summed E-state index contributed by atoms with van der Waals surface area (Å²) in [5.74, 6) is 0.105. The van der Waals surface area contributed by atoms with Gasteiger partial charge in [-0.3, -0.25) is 9.59 Å². The van der Waals surface area contributed by atoms with Crippen LogP contribution in [0.1, 0.15) is 27.7 Å². The van der Waals surface area contributed by atoms with Crippen LogP contribution in [0.4, 0.5) is 0 Å². The van der Waals surface area contributed by atoms with Gasteiger partial charge >= 0.3 is 0 Å². The van der Waals surface area contributed by atoms with Crippen LogP contribution in [-0.2, 0) is 9.59 Å². The first-order valence-corrected chi connectivity index (χ1v) is 6.38.